The number of hydrogen-bond acceptors (Lipinski definition) is 10. The van der Waals surface area contributed by atoms with Gasteiger partial charge in [-0.3, -0.25) is 9.59 Å². The van der Waals surface area contributed by atoms with Crippen molar-refractivity contribution in [3.63, 3.8) is 0 Å². The number of hydrogen-bond donors (Lipinski definition) is 0. The highest BCUT2D eigenvalue weighted by molar-refractivity contribution is 7.91. The van der Waals surface area contributed by atoms with E-state index >= 15 is 0 Å². The molecule has 13 heteroatoms. The molecule has 4 aromatic heterocycles. The molecule has 6 heterocycles. The Kier molecular flexibility index (Phi) is 9.03. The minimum absolute atomic E-state index is 0.0149. The second-order valence-electron chi connectivity index (χ2n) is 11.7. The first-order valence-electron chi connectivity index (χ1n) is 15.6. The van der Waals surface area contributed by atoms with Crippen molar-refractivity contribution in [2.24, 2.45) is 0 Å². The van der Waals surface area contributed by atoms with Crippen molar-refractivity contribution < 1.29 is 18.0 Å². The van der Waals surface area contributed by atoms with Crippen LogP contribution in [0.2, 0.25) is 0 Å². The maximum Gasteiger partial charge on any atom is 0.245 e. The third kappa shape index (κ3) is 6.52. The quantitative estimate of drug-likeness (QED) is 0.222. The molecule has 2 fully saturated rings. The van der Waals surface area contributed by atoms with E-state index in [1.165, 1.54) is 0 Å². The van der Waals surface area contributed by atoms with Crippen LogP contribution in [0.15, 0.2) is 48.1 Å². The molecule has 0 bridgehead atoms. The molecular weight excluding hydrogens is 611 g/mol. The number of ketones is 1. The number of carbonyl (C=O) groups is 2. The Morgan fingerprint density at radius 1 is 1.07 bits per heavy atom. The van der Waals surface area contributed by atoms with Crippen LogP contribution < -0.4 is 4.90 Å². The van der Waals surface area contributed by atoms with Crippen LogP contribution in [0.25, 0.3) is 27.5 Å². The van der Waals surface area contributed by atoms with Crippen molar-refractivity contribution >= 4 is 44.3 Å². The molecule has 0 spiro atoms. The van der Waals surface area contributed by atoms with Crippen LogP contribution in [-0.4, -0.2) is 106 Å². The summed E-state index contributed by atoms with van der Waals surface area (Å²) in [6, 6.07) is 9.36. The molecule has 0 saturated carbocycles. The second-order valence-corrected chi connectivity index (χ2v) is 15.0. The van der Waals surface area contributed by atoms with Crippen molar-refractivity contribution in [3.8, 4) is 21.8 Å². The topological polar surface area (TPSA) is 121 Å². The third-order valence-corrected chi connectivity index (χ3v) is 11.5. The van der Waals surface area contributed by atoms with Crippen LogP contribution >= 0.6 is 11.3 Å². The standard InChI is InChI=1S/C32H39N7O4S2/c1-4-36(5-2)22(3)8-9-28(40)23-19-26(24-21-33-39-13-10-25(35-31(24)39)29-7-6-16-44-29)34-30(20-23)38-12-11-27(38)32(41)37-14-17-45(42,43)18-15-37/h6-7,10,13,16,19-22,27H,4-5,8-9,11-12,14-15,17-18H2,1-3H3/t22-,27-/m0/s1. The largest absolute Gasteiger partial charge is 0.344 e. The summed E-state index contributed by atoms with van der Waals surface area (Å²) < 4.78 is 25.6. The van der Waals surface area contributed by atoms with E-state index in [2.05, 4.69) is 30.8 Å². The molecule has 11 nitrogen and oxygen atoms in total. The van der Waals surface area contributed by atoms with Crippen molar-refractivity contribution in [2.75, 3.05) is 49.1 Å². The normalized spacial score (nSPS) is 18.7. The summed E-state index contributed by atoms with van der Waals surface area (Å²) >= 11 is 1.61. The fraction of sp³-hybridized carbons (Fsp3) is 0.469. The molecule has 6 rings (SSSR count). The van der Waals surface area contributed by atoms with Crippen LogP contribution in [-0.2, 0) is 14.6 Å². The predicted molar refractivity (Wildman–Crippen MR) is 176 cm³/mol. The monoisotopic (exact) mass is 649 g/mol. The zero-order chi connectivity index (χ0) is 31.7. The minimum atomic E-state index is -3.11. The first-order chi connectivity index (χ1) is 21.7. The van der Waals surface area contributed by atoms with Gasteiger partial charge in [-0.05, 0) is 62.5 Å². The molecule has 0 N–H and O–H groups in total. The number of Topliss-reactive ketones (excluding diaryl/α,β-unsaturated/α-hetero) is 1. The lowest BCUT2D eigenvalue weighted by Crippen LogP contribution is -2.59. The van der Waals surface area contributed by atoms with Gasteiger partial charge in [0.1, 0.15) is 11.9 Å². The fourth-order valence-electron chi connectivity index (χ4n) is 6.15. The summed E-state index contributed by atoms with van der Waals surface area (Å²) in [4.78, 5) is 44.1. The van der Waals surface area contributed by atoms with Crippen molar-refractivity contribution in [3.05, 3.63) is 53.7 Å². The molecule has 0 radical (unpaired) electrons. The molecule has 4 aromatic rings. The smallest absolute Gasteiger partial charge is 0.245 e. The van der Waals surface area contributed by atoms with Crippen molar-refractivity contribution in [2.45, 2.75) is 52.1 Å². The van der Waals surface area contributed by atoms with Gasteiger partial charge in [-0.15, -0.1) is 11.3 Å². The van der Waals surface area contributed by atoms with Crippen LogP contribution in [0.1, 0.15) is 50.4 Å². The van der Waals surface area contributed by atoms with Crippen LogP contribution in [0.5, 0.6) is 0 Å². The number of anilines is 1. The molecule has 45 heavy (non-hydrogen) atoms. The Morgan fingerprint density at radius 3 is 2.51 bits per heavy atom. The van der Waals surface area contributed by atoms with Gasteiger partial charge in [0.2, 0.25) is 5.91 Å². The van der Waals surface area contributed by atoms with Gasteiger partial charge in [-0.25, -0.2) is 22.9 Å². The summed E-state index contributed by atoms with van der Waals surface area (Å²) in [7, 11) is -3.11. The molecule has 1 amide bonds. The Hall–Kier alpha value is -3.68. The van der Waals surface area contributed by atoms with Crippen molar-refractivity contribution in [1.29, 1.82) is 0 Å². The highest BCUT2D eigenvalue weighted by Crippen LogP contribution is 2.33. The van der Waals surface area contributed by atoms with E-state index in [-0.39, 0.29) is 42.3 Å². The number of rotatable bonds is 11. The number of carbonyl (C=O) groups excluding carboxylic acids is 2. The highest BCUT2D eigenvalue weighted by Gasteiger charge is 2.39. The lowest BCUT2D eigenvalue weighted by atomic mass is 9.98. The SMILES string of the molecule is CCN(CC)[C@@H](C)CCC(=O)c1cc(-c2cnn3ccc(-c4cccs4)nc23)nc(N2CC[C@H]2C(=O)N2CCS(=O)(=O)CC2)c1. The van der Waals surface area contributed by atoms with Gasteiger partial charge in [0.25, 0.3) is 0 Å². The summed E-state index contributed by atoms with van der Waals surface area (Å²) in [5.74, 6) is 0.447. The summed E-state index contributed by atoms with van der Waals surface area (Å²) in [6.07, 6.45) is 5.35. The second kappa shape index (κ2) is 13.0. The Morgan fingerprint density at radius 2 is 1.84 bits per heavy atom. The average Bonchev–Trinajstić information content (AvgIpc) is 3.70. The number of nitrogens with zero attached hydrogens (tertiary/aromatic N) is 7. The number of amides is 1. The van der Waals surface area contributed by atoms with E-state index in [1.54, 1.807) is 33.0 Å². The third-order valence-electron chi connectivity index (χ3n) is 9.03. The molecule has 2 aliphatic rings. The van der Waals surface area contributed by atoms with Gasteiger partial charge in [-0.1, -0.05) is 19.9 Å². The maximum absolute atomic E-state index is 13.7. The fourth-order valence-corrected chi connectivity index (χ4v) is 8.05. The zero-order valence-corrected chi connectivity index (χ0v) is 27.6. The van der Waals surface area contributed by atoms with Gasteiger partial charge >= 0.3 is 0 Å². The average molecular weight is 650 g/mol. The Labute approximate surface area is 267 Å². The van der Waals surface area contributed by atoms with E-state index in [9.17, 15) is 18.0 Å². The van der Waals surface area contributed by atoms with Gasteiger partial charge in [-0.2, -0.15) is 5.10 Å². The van der Waals surface area contributed by atoms with Crippen LogP contribution in [0, 0.1) is 0 Å². The molecule has 0 aromatic carbocycles. The van der Waals surface area contributed by atoms with Crippen LogP contribution in [0.3, 0.4) is 0 Å². The number of sulfone groups is 1. The van der Waals surface area contributed by atoms with E-state index in [4.69, 9.17) is 9.97 Å². The molecule has 238 valence electrons. The van der Waals surface area contributed by atoms with E-state index < -0.39 is 15.9 Å². The Balaban J connectivity index is 1.34. The summed E-state index contributed by atoms with van der Waals surface area (Å²) in [6.45, 7) is 9.29. The summed E-state index contributed by atoms with van der Waals surface area (Å²) in [5.41, 5.74) is 3.27. The molecule has 2 atom stereocenters. The zero-order valence-electron chi connectivity index (χ0n) is 25.9. The Bertz CT molecular complexity index is 1790. The highest BCUT2D eigenvalue weighted by atomic mass is 32.2. The van der Waals surface area contributed by atoms with E-state index in [0.717, 1.165) is 30.1 Å². The number of fused-ring (bicyclic) bond motifs is 1. The first-order valence-corrected chi connectivity index (χ1v) is 18.3. The van der Waals surface area contributed by atoms with Crippen molar-refractivity contribution in [1.82, 2.24) is 29.4 Å². The summed E-state index contributed by atoms with van der Waals surface area (Å²) in [5, 5.41) is 6.53. The number of pyridine rings is 1. The molecule has 0 unspecified atom stereocenters. The van der Waals surface area contributed by atoms with E-state index in [1.807, 2.05) is 40.7 Å². The maximum atomic E-state index is 13.7. The number of thiophene rings is 1. The molecule has 0 aliphatic carbocycles. The minimum Gasteiger partial charge on any atom is -0.344 e. The lowest BCUT2D eigenvalue weighted by molar-refractivity contribution is -0.133. The van der Waals surface area contributed by atoms with Gasteiger partial charge in [0, 0.05) is 43.9 Å². The number of aromatic nitrogens is 4. The van der Waals surface area contributed by atoms with Gasteiger partial charge < -0.3 is 14.7 Å². The first kappa shape index (κ1) is 31.3. The molecular formula is C32H39N7O4S2. The van der Waals surface area contributed by atoms with Gasteiger partial charge in [0.05, 0.1) is 39.5 Å². The molecule has 2 saturated heterocycles. The van der Waals surface area contributed by atoms with E-state index in [0.29, 0.717) is 47.7 Å². The van der Waals surface area contributed by atoms with Gasteiger partial charge in [0.15, 0.2) is 21.3 Å². The predicted octanol–water partition coefficient (Wildman–Crippen LogP) is 4.05. The molecule has 2 aliphatic heterocycles. The lowest BCUT2D eigenvalue weighted by Gasteiger charge is -2.43. The van der Waals surface area contributed by atoms with Crippen LogP contribution in [0.4, 0.5) is 5.82 Å².